The maximum atomic E-state index is 12.0. The molecule has 0 saturated heterocycles. The van der Waals surface area contributed by atoms with E-state index in [0.717, 1.165) is 60.7 Å². The lowest BCUT2D eigenvalue weighted by Crippen LogP contribution is -2.44. The Morgan fingerprint density at radius 1 is 1.13 bits per heavy atom. The summed E-state index contributed by atoms with van der Waals surface area (Å²) >= 11 is 6.13. The SMILES string of the molecule is O=S(=O)(NCCOc1ccc2c(c1)C(C1(c3ccc(Cl)cc3)CCC1)=NCC2)C1CC1. The summed E-state index contributed by atoms with van der Waals surface area (Å²) in [7, 11) is -3.17. The molecule has 1 N–H and O–H groups in total. The third-order valence-corrected chi connectivity index (χ3v) is 8.89. The van der Waals surface area contributed by atoms with E-state index in [0.29, 0.717) is 6.61 Å². The van der Waals surface area contributed by atoms with Gasteiger partial charge in [-0.3, -0.25) is 4.99 Å². The highest BCUT2D eigenvalue weighted by Crippen LogP contribution is 2.48. The maximum absolute atomic E-state index is 12.0. The van der Waals surface area contributed by atoms with Gasteiger partial charge in [-0.15, -0.1) is 0 Å². The van der Waals surface area contributed by atoms with Gasteiger partial charge in [0.2, 0.25) is 10.0 Å². The van der Waals surface area contributed by atoms with Crippen LogP contribution in [0.3, 0.4) is 0 Å². The van der Waals surface area contributed by atoms with Gasteiger partial charge < -0.3 is 4.74 Å². The van der Waals surface area contributed by atoms with Crippen molar-refractivity contribution in [2.75, 3.05) is 19.7 Å². The van der Waals surface area contributed by atoms with Crippen LogP contribution in [0.4, 0.5) is 0 Å². The van der Waals surface area contributed by atoms with Gasteiger partial charge in [-0.1, -0.05) is 36.2 Å². The molecular formula is C24H27ClN2O3S. The summed E-state index contributed by atoms with van der Waals surface area (Å²) in [5.74, 6) is 0.754. The molecule has 1 heterocycles. The summed E-state index contributed by atoms with van der Waals surface area (Å²) in [5.41, 5.74) is 4.83. The molecule has 7 heteroatoms. The summed E-state index contributed by atoms with van der Waals surface area (Å²) in [6, 6.07) is 14.4. The Hall–Kier alpha value is -1.89. The summed E-state index contributed by atoms with van der Waals surface area (Å²) in [6.07, 6.45) is 5.81. The van der Waals surface area contributed by atoms with Crippen molar-refractivity contribution >= 4 is 27.3 Å². The van der Waals surface area contributed by atoms with E-state index in [1.807, 2.05) is 18.2 Å². The largest absolute Gasteiger partial charge is 0.492 e. The fourth-order valence-corrected chi connectivity index (χ4v) is 6.16. The van der Waals surface area contributed by atoms with Gasteiger partial charge in [0.25, 0.3) is 0 Å². The zero-order valence-electron chi connectivity index (χ0n) is 17.4. The molecule has 2 aliphatic carbocycles. The van der Waals surface area contributed by atoms with Crippen molar-refractivity contribution in [3.8, 4) is 5.75 Å². The van der Waals surface area contributed by atoms with Crippen LogP contribution in [-0.4, -0.2) is 39.1 Å². The van der Waals surface area contributed by atoms with Crippen LogP contribution in [0.5, 0.6) is 5.75 Å². The van der Waals surface area contributed by atoms with E-state index in [9.17, 15) is 8.42 Å². The van der Waals surface area contributed by atoms with Crippen LogP contribution >= 0.6 is 11.6 Å². The molecule has 3 aliphatic rings. The van der Waals surface area contributed by atoms with Crippen LogP contribution in [0.2, 0.25) is 5.02 Å². The summed E-state index contributed by atoms with van der Waals surface area (Å²) in [5, 5.41) is 0.541. The van der Waals surface area contributed by atoms with Crippen LogP contribution in [-0.2, 0) is 21.9 Å². The number of hydrogen-bond donors (Lipinski definition) is 1. The third kappa shape index (κ3) is 4.13. The van der Waals surface area contributed by atoms with Crippen molar-refractivity contribution in [3.05, 3.63) is 64.2 Å². The van der Waals surface area contributed by atoms with Crippen molar-refractivity contribution in [2.45, 2.75) is 49.2 Å². The third-order valence-electron chi connectivity index (χ3n) is 6.68. The molecule has 0 atom stereocenters. The highest BCUT2D eigenvalue weighted by Gasteiger charge is 2.45. The lowest BCUT2D eigenvalue weighted by molar-refractivity contribution is 0.322. The fraction of sp³-hybridized carbons (Fsp3) is 0.458. The van der Waals surface area contributed by atoms with Gasteiger partial charge in [0, 0.05) is 29.1 Å². The first kappa shape index (κ1) is 21.0. The summed E-state index contributed by atoms with van der Waals surface area (Å²) < 4.78 is 32.5. The van der Waals surface area contributed by atoms with Gasteiger partial charge in [-0.05, 0) is 67.5 Å². The first-order valence-corrected chi connectivity index (χ1v) is 13.0. The minimum absolute atomic E-state index is 0.0573. The molecule has 0 aromatic heterocycles. The Labute approximate surface area is 188 Å². The highest BCUT2D eigenvalue weighted by molar-refractivity contribution is 7.90. The zero-order valence-corrected chi connectivity index (χ0v) is 19.0. The van der Waals surface area contributed by atoms with Gasteiger partial charge in [-0.2, -0.15) is 0 Å². The van der Waals surface area contributed by atoms with Gasteiger partial charge >= 0.3 is 0 Å². The van der Waals surface area contributed by atoms with Crippen LogP contribution in [0.1, 0.15) is 48.8 Å². The van der Waals surface area contributed by atoms with E-state index in [4.69, 9.17) is 21.3 Å². The molecule has 2 fully saturated rings. The number of rotatable bonds is 8. The Morgan fingerprint density at radius 3 is 2.58 bits per heavy atom. The molecule has 2 aromatic carbocycles. The van der Waals surface area contributed by atoms with Crippen molar-refractivity contribution in [1.29, 1.82) is 0 Å². The number of benzene rings is 2. The first-order valence-electron chi connectivity index (χ1n) is 11.0. The number of aliphatic imine (C=N–C) groups is 1. The van der Waals surface area contributed by atoms with Crippen LogP contribution in [0.25, 0.3) is 0 Å². The maximum Gasteiger partial charge on any atom is 0.214 e. The molecule has 0 spiro atoms. The number of ether oxygens (including phenoxy) is 1. The number of sulfonamides is 1. The number of hydrogen-bond acceptors (Lipinski definition) is 4. The second kappa shape index (κ2) is 8.23. The Morgan fingerprint density at radius 2 is 1.90 bits per heavy atom. The monoisotopic (exact) mass is 458 g/mol. The van der Waals surface area contributed by atoms with E-state index in [2.05, 4.69) is 29.0 Å². The van der Waals surface area contributed by atoms with Gasteiger partial charge in [0.1, 0.15) is 12.4 Å². The fourth-order valence-electron chi connectivity index (χ4n) is 4.68. The lowest BCUT2D eigenvalue weighted by atomic mass is 9.59. The van der Waals surface area contributed by atoms with Crippen LogP contribution in [0.15, 0.2) is 47.5 Å². The van der Waals surface area contributed by atoms with E-state index in [-0.39, 0.29) is 17.2 Å². The highest BCUT2D eigenvalue weighted by atomic mass is 35.5. The van der Waals surface area contributed by atoms with Gasteiger partial charge in [0.05, 0.1) is 11.0 Å². The van der Waals surface area contributed by atoms with Crippen molar-refractivity contribution in [2.24, 2.45) is 4.99 Å². The number of nitrogens with zero attached hydrogens (tertiary/aromatic N) is 1. The molecule has 0 unspecified atom stereocenters. The predicted octanol–water partition coefficient (Wildman–Crippen LogP) is 4.27. The molecule has 0 amide bonds. The molecule has 0 bridgehead atoms. The average molecular weight is 459 g/mol. The van der Waals surface area contributed by atoms with E-state index >= 15 is 0 Å². The molecule has 5 rings (SSSR count). The quantitative estimate of drug-likeness (QED) is 0.601. The van der Waals surface area contributed by atoms with Crippen molar-refractivity contribution in [1.82, 2.24) is 4.72 Å². The van der Waals surface area contributed by atoms with Crippen LogP contribution < -0.4 is 9.46 Å². The first-order chi connectivity index (χ1) is 15.0. The average Bonchev–Trinajstić information content (AvgIpc) is 3.58. The number of halogens is 1. The minimum Gasteiger partial charge on any atom is -0.492 e. The number of nitrogens with one attached hydrogen (secondary N) is 1. The topological polar surface area (TPSA) is 67.8 Å². The van der Waals surface area contributed by atoms with Gasteiger partial charge in [0.15, 0.2) is 0 Å². The van der Waals surface area contributed by atoms with Crippen molar-refractivity contribution in [3.63, 3.8) is 0 Å². The Kier molecular flexibility index (Phi) is 5.57. The molecule has 5 nitrogen and oxygen atoms in total. The molecule has 0 radical (unpaired) electrons. The molecule has 2 aromatic rings. The normalized spacial score (nSPS) is 19.8. The minimum atomic E-state index is -3.17. The molecule has 164 valence electrons. The Balaban J connectivity index is 1.34. The van der Waals surface area contributed by atoms with Crippen LogP contribution in [0, 0.1) is 0 Å². The second-order valence-corrected chi connectivity index (χ2v) is 11.2. The summed E-state index contributed by atoms with van der Waals surface area (Å²) in [6.45, 7) is 1.39. The summed E-state index contributed by atoms with van der Waals surface area (Å²) in [4.78, 5) is 5.00. The molecule has 1 aliphatic heterocycles. The van der Waals surface area contributed by atoms with E-state index in [1.165, 1.54) is 17.5 Å². The standard InChI is InChI=1S/C24H27ClN2O3S/c25-19-5-3-18(4-6-19)24(11-1-12-24)23-22-16-20(7-2-17(22)10-13-26-23)30-15-14-27-31(28,29)21-8-9-21/h2-7,16,21,27H,1,8-15H2. The Bertz CT molecular complexity index is 1100. The van der Waals surface area contributed by atoms with E-state index < -0.39 is 10.0 Å². The molecule has 2 saturated carbocycles. The molecule has 31 heavy (non-hydrogen) atoms. The second-order valence-electron chi connectivity index (χ2n) is 8.73. The predicted molar refractivity (Wildman–Crippen MR) is 124 cm³/mol. The lowest BCUT2D eigenvalue weighted by Gasteiger charge is -2.45. The van der Waals surface area contributed by atoms with Gasteiger partial charge in [-0.25, -0.2) is 13.1 Å². The van der Waals surface area contributed by atoms with Crippen molar-refractivity contribution < 1.29 is 13.2 Å². The molecular weight excluding hydrogens is 432 g/mol. The smallest absolute Gasteiger partial charge is 0.214 e. The number of fused-ring (bicyclic) bond motifs is 1. The van der Waals surface area contributed by atoms with E-state index in [1.54, 1.807) is 0 Å². The zero-order chi connectivity index (χ0) is 21.5.